The van der Waals surface area contributed by atoms with Gasteiger partial charge in [0.05, 0.1) is 19.6 Å². The molecule has 0 aliphatic rings. The number of aromatic nitrogens is 2. The second-order valence-electron chi connectivity index (χ2n) is 3.87. The van der Waals surface area contributed by atoms with Gasteiger partial charge in [0.25, 0.3) is 0 Å². The van der Waals surface area contributed by atoms with Crippen LogP contribution in [0.15, 0.2) is 24.3 Å². The number of ether oxygens (including phenoxy) is 2. The summed E-state index contributed by atoms with van der Waals surface area (Å²) in [4.78, 5) is 11.1. The summed E-state index contributed by atoms with van der Waals surface area (Å²) in [5.41, 5.74) is 6.47. The maximum atomic E-state index is 11.1. The molecule has 0 saturated carbocycles. The van der Waals surface area contributed by atoms with E-state index in [0.29, 0.717) is 24.1 Å². The van der Waals surface area contributed by atoms with E-state index in [2.05, 4.69) is 10.2 Å². The smallest absolute Gasteiger partial charge is 0.309 e. The summed E-state index contributed by atoms with van der Waals surface area (Å²) in [6.45, 7) is 2.46. The summed E-state index contributed by atoms with van der Waals surface area (Å²) in [5.74, 6) is 0.434. The summed E-state index contributed by atoms with van der Waals surface area (Å²) in [6.07, 6.45) is 0.239. The summed E-state index contributed by atoms with van der Waals surface area (Å²) < 4.78 is 10.3. The first-order chi connectivity index (χ1) is 9.69. The number of anilines is 1. The summed E-state index contributed by atoms with van der Waals surface area (Å²) in [5, 5.41) is 8.93. The third-order valence-electron chi connectivity index (χ3n) is 2.42. The molecule has 0 fully saturated rings. The average Bonchev–Trinajstić information content (AvgIpc) is 2.86. The summed E-state index contributed by atoms with van der Waals surface area (Å²) >= 11 is 1.33. The number of nitrogens with zero attached hydrogens (tertiary/aromatic N) is 2. The Morgan fingerprint density at radius 1 is 1.30 bits per heavy atom. The average molecular weight is 293 g/mol. The lowest BCUT2D eigenvalue weighted by molar-refractivity contribution is -0.143. The highest BCUT2D eigenvalue weighted by molar-refractivity contribution is 7.18. The van der Waals surface area contributed by atoms with E-state index >= 15 is 0 Å². The van der Waals surface area contributed by atoms with Gasteiger partial charge in [0, 0.05) is 5.56 Å². The van der Waals surface area contributed by atoms with Crippen LogP contribution in [0.3, 0.4) is 0 Å². The van der Waals surface area contributed by atoms with Gasteiger partial charge in [-0.15, -0.1) is 10.2 Å². The van der Waals surface area contributed by atoms with Gasteiger partial charge in [-0.25, -0.2) is 0 Å². The zero-order valence-corrected chi connectivity index (χ0v) is 11.9. The van der Waals surface area contributed by atoms with Crippen LogP contribution in [0.4, 0.5) is 5.13 Å². The summed E-state index contributed by atoms with van der Waals surface area (Å²) in [6, 6.07) is 7.38. The molecule has 1 aromatic carbocycles. The van der Waals surface area contributed by atoms with Crippen LogP contribution in [0.1, 0.15) is 13.3 Å². The number of hydrogen-bond donors (Lipinski definition) is 1. The molecule has 0 aliphatic heterocycles. The van der Waals surface area contributed by atoms with E-state index in [1.54, 1.807) is 6.92 Å². The number of carbonyl (C=O) groups excluding carboxylic acids is 1. The van der Waals surface area contributed by atoms with Gasteiger partial charge < -0.3 is 15.2 Å². The van der Waals surface area contributed by atoms with E-state index in [0.717, 1.165) is 10.6 Å². The molecule has 1 heterocycles. The van der Waals surface area contributed by atoms with Gasteiger partial charge in [0.2, 0.25) is 5.13 Å². The standard InChI is InChI=1S/C13H15N3O3S/c1-2-18-11(17)7-8-19-10-5-3-9(4-6-10)12-15-16-13(14)20-12/h3-6H,2,7-8H2,1H3,(H2,14,16). The fourth-order valence-corrected chi connectivity index (χ4v) is 2.15. The largest absolute Gasteiger partial charge is 0.493 e. The highest BCUT2D eigenvalue weighted by atomic mass is 32.1. The molecule has 106 valence electrons. The third kappa shape index (κ3) is 3.92. The van der Waals surface area contributed by atoms with Crippen molar-refractivity contribution in [3.63, 3.8) is 0 Å². The van der Waals surface area contributed by atoms with Crippen LogP contribution in [-0.4, -0.2) is 29.4 Å². The minimum absolute atomic E-state index is 0.239. The zero-order valence-electron chi connectivity index (χ0n) is 11.0. The Bertz CT molecular complexity index is 568. The van der Waals surface area contributed by atoms with Gasteiger partial charge in [-0.05, 0) is 31.2 Å². The highest BCUT2D eigenvalue weighted by Crippen LogP contribution is 2.26. The zero-order chi connectivity index (χ0) is 14.4. The molecule has 20 heavy (non-hydrogen) atoms. The topological polar surface area (TPSA) is 87.3 Å². The van der Waals surface area contributed by atoms with Crippen molar-refractivity contribution in [3.8, 4) is 16.3 Å². The molecule has 0 amide bonds. The summed E-state index contributed by atoms with van der Waals surface area (Å²) in [7, 11) is 0. The number of esters is 1. The van der Waals surface area contributed by atoms with E-state index in [9.17, 15) is 4.79 Å². The van der Waals surface area contributed by atoms with Crippen molar-refractivity contribution in [1.82, 2.24) is 10.2 Å². The normalized spacial score (nSPS) is 10.2. The predicted octanol–water partition coefficient (Wildman–Crippen LogP) is 2.12. The Kier molecular flexibility index (Phi) is 4.89. The second kappa shape index (κ2) is 6.85. The van der Waals surface area contributed by atoms with Crippen LogP contribution >= 0.6 is 11.3 Å². The maximum absolute atomic E-state index is 11.1. The van der Waals surface area contributed by atoms with Crippen molar-refractivity contribution >= 4 is 22.4 Å². The van der Waals surface area contributed by atoms with Crippen molar-refractivity contribution in [2.24, 2.45) is 0 Å². The molecule has 0 atom stereocenters. The van der Waals surface area contributed by atoms with E-state index in [1.807, 2.05) is 24.3 Å². The molecule has 0 saturated heterocycles. The highest BCUT2D eigenvalue weighted by Gasteiger charge is 2.05. The minimum Gasteiger partial charge on any atom is -0.493 e. The van der Waals surface area contributed by atoms with Crippen molar-refractivity contribution in [2.75, 3.05) is 18.9 Å². The first kappa shape index (κ1) is 14.3. The van der Waals surface area contributed by atoms with Crippen LogP contribution < -0.4 is 10.5 Å². The maximum Gasteiger partial charge on any atom is 0.309 e. The number of nitrogen functional groups attached to an aromatic ring is 1. The fraction of sp³-hybridized carbons (Fsp3) is 0.308. The molecular formula is C13H15N3O3S. The molecule has 7 heteroatoms. The minimum atomic E-state index is -0.256. The Morgan fingerprint density at radius 3 is 2.65 bits per heavy atom. The van der Waals surface area contributed by atoms with Crippen LogP contribution in [0.2, 0.25) is 0 Å². The molecule has 2 N–H and O–H groups in total. The van der Waals surface area contributed by atoms with Crippen molar-refractivity contribution in [3.05, 3.63) is 24.3 Å². The monoisotopic (exact) mass is 293 g/mol. The third-order valence-corrected chi connectivity index (χ3v) is 3.22. The lowest BCUT2D eigenvalue weighted by atomic mass is 10.2. The van der Waals surface area contributed by atoms with Crippen molar-refractivity contribution < 1.29 is 14.3 Å². The van der Waals surface area contributed by atoms with Gasteiger partial charge in [-0.1, -0.05) is 11.3 Å². The number of hydrogen-bond acceptors (Lipinski definition) is 7. The Morgan fingerprint density at radius 2 is 2.05 bits per heavy atom. The van der Waals surface area contributed by atoms with Gasteiger partial charge in [0.1, 0.15) is 10.8 Å². The van der Waals surface area contributed by atoms with Gasteiger partial charge in [0.15, 0.2) is 0 Å². The lowest BCUT2D eigenvalue weighted by Crippen LogP contribution is -2.09. The molecule has 0 radical (unpaired) electrons. The molecule has 6 nitrogen and oxygen atoms in total. The molecule has 2 aromatic rings. The second-order valence-corrected chi connectivity index (χ2v) is 4.88. The molecular weight excluding hydrogens is 278 g/mol. The molecule has 0 spiro atoms. The first-order valence-corrected chi connectivity index (χ1v) is 6.98. The van der Waals surface area contributed by atoms with Crippen LogP contribution in [-0.2, 0) is 9.53 Å². The lowest BCUT2D eigenvalue weighted by Gasteiger charge is -2.06. The fourth-order valence-electron chi connectivity index (χ4n) is 1.53. The van der Waals surface area contributed by atoms with Crippen LogP contribution in [0.5, 0.6) is 5.75 Å². The Hall–Kier alpha value is -2.15. The van der Waals surface area contributed by atoms with Crippen molar-refractivity contribution in [2.45, 2.75) is 13.3 Å². The molecule has 2 rings (SSSR count). The van der Waals surface area contributed by atoms with Gasteiger partial charge >= 0.3 is 5.97 Å². The number of nitrogens with two attached hydrogens (primary N) is 1. The quantitative estimate of drug-likeness (QED) is 0.821. The predicted molar refractivity (Wildman–Crippen MR) is 76.5 cm³/mol. The SMILES string of the molecule is CCOC(=O)CCOc1ccc(-c2nnc(N)s2)cc1. The first-order valence-electron chi connectivity index (χ1n) is 6.17. The van der Waals surface area contributed by atoms with Crippen LogP contribution in [0.25, 0.3) is 10.6 Å². The van der Waals surface area contributed by atoms with Crippen molar-refractivity contribution in [1.29, 1.82) is 0 Å². The molecule has 0 unspecified atom stereocenters. The van der Waals surface area contributed by atoms with E-state index in [1.165, 1.54) is 11.3 Å². The van der Waals surface area contributed by atoms with E-state index < -0.39 is 0 Å². The van der Waals surface area contributed by atoms with Gasteiger partial charge in [-0.3, -0.25) is 4.79 Å². The Balaban J connectivity index is 1.87. The van der Waals surface area contributed by atoms with Gasteiger partial charge in [-0.2, -0.15) is 0 Å². The van der Waals surface area contributed by atoms with Crippen LogP contribution in [0, 0.1) is 0 Å². The molecule has 1 aromatic heterocycles. The molecule has 0 aliphatic carbocycles. The number of benzene rings is 1. The number of rotatable bonds is 6. The molecule has 0 bridgehead atoms. The van der Waals surface area contributed by atoms with E-state index in [-0.39, 0.29) is 12.4 Å². The Labute approximate surface area is 120 Å². The van der Waals surface area contributed by atoms with E-state index in [4.69, 9.17) is 15.2 Å². The number of carbonyl (C=O) groups is 1.